The van der Waals surface area contributed by atoms with Crippen LogP contribution < -0.4 is 0 Å². The predicted molar refractivity (Wildman–Crippen MR) is 58.6 cm³/mol. The number of rotatable bonds is 6. The summed E-state index contributed by atoms with van der Waals surface area (Å²) >= 11 is 11.0. The minimum absolute atomic E-state index is 0.116. The van der Waals surface area contributed by atoms with Gasteiger partial charge in [0.15, 0.2) is 0 Å². The maximum absolute atomic E-state index is 10.7. The Labute approximate surface area is 104 Å². The summed E-state index contributed by atoms with van der Waals surface area (Å²) in [5.41, 5.74) is 0. The van der Waals surface area contributed by atoms with Crippen LogP contribution in [0.1, 0.15) is 13.8 Å². The molecular formula is C9H14Cl2O5. The van der Waals surface area contributed by atoms with Crippen LogP contribution in [-0.4, -0.2) is 47.1 Å². The highest BCUT2D eigenvalue weighted by molar-refractivity contribution is 6.18. The molecule has 94 valence electrons. The Balaban J connectivity index is 4.48. The molecule has 0 amide bonds. The molecule has 0 saturated heterocycles. The lowest BCUT2D eigenvalue weighted by molar-refractivity contribution is -0.163. The first kappa shape index (κ1) is 15.5. The van der Waals surface area contributed by atoms with Gasteiger partial charge in [0, 0.05) is 13.8 Å². The number of aliphatic hydroxyl groups is 1. The molecule has 0 spiro atoms. The second-order valence-corrected chi connectivity index (χ2v) is 3.71. The Morgan fingerprint density at radius 1 is 1.06 bits per heavy atom. The van der Waals surface area contributed by atoms with Gasteiger partial charge in [-0.25, -0.2) is 0 Å². The Kier molecular flexibility index (Phi) is 7.45. The molecule has 0 aromatic rings. The lowest BCUT2D eigenvalue weighted by Crippen LogP contribution is -2.44. The zero-order valence-corrected chi connectivity index (χ0v) is 10.5. The van der Waals surface area contributed by atoms with E-state index in [0.717, 1.165) is 0 Å². The van der Waals surface area contributed by atoms with Crippen molar-refractivity contribution < 1.29 is 24.2 Å². The summed E-state index contributed by atoms with van der Waals surface area (Å²) in [7, 11) is 0. The second kappa shape index (κ2) is 7.70. The molecule has 16 heavy (non-hydrogen) atoms. The van der Waals surface area contributed by atoms with E-state index in [1.165, 1.54) is 13.8 Å². The minimum atomic E-state index is -1.25. The molecule has 1 N–H and O–H groups in total. The predicted octanol–water partition coefficient (Wildman–Crippen LogP) is 0.688. The van der Waals surface area contributed by atoms with E-state index in [1.54, 1.807) is 0 Å². The lowest BCUT2D eigenvalue weighted by Gasteiger charge is -2.26. The van der Waals surface area contributed by atoms with Crippen LogP contribution in [-0.2, 0) is 19.1 Å². The summed E-state index contributed by atoms with van der Waals surface area (Å²) in [6.45, 7) is 2.38. The van der Waals surface area contributed by atoms with Crippen molar-refractivity contribution in [3.05, 3.63) is 0 Å². The monoisotopic (exact) mass is 272 g/mol. The molecule has 0 fully saturated rings. The first-order chi connectivity index (χ1) is 7.42. The number of carbonyl (C=O) groups is 2. The molecule has 5 nitrogen and oxygen atoms in total. The highest BCUT2D eigenvalue weighted by Crippen LogP contribution is 2.12. The SMILES string of the molecule is CC(=O)O[C@@H](CCl)C(O)[C@H](CCl)OC(C)=O. The van der Waals surface area contributed by atoms with Crippen LogP contribution >= 0.6 is 23.2 Å². The molecule has 0 aliphatic heterocycles. The Morgan fingerprint density at radius 2 is 1.38 bits per heavy atom. The van der Waals surface area contributed by atoms with E-state index in [-0.39, 0.29) is 11.8 Å². The molecule has 7 heteroatoms. The van der Waals surface area contributed by atoms with E-state index in [0.29, 0.717) is 0 Å². The highest BCUT2D eigenvalue weighted by Gasteiger charge is 2.31. The van der Waals surface area contributed by atoms with Crippen molar-refractivity contribution in [2.45, 2.75) is 32.2 Å². The van der Waals surface area contributed by atoms with Gasteiger partial charge in [0.1, 0.15) is 18.3 Å². The molecule has 0 saturated carbocycles. The number of aliphatic hydroxyl groups excluding tert-OH is 1. The van der Waals surface area contributed by atoms with Crippen LogP contribution in [0.15, 0.2) is 0 Å². The van der Waals surface area contributed by atoms with Crippen molar-refractivity contribution in [2.24, 2.45) is 0 Å². The van der Waals surface area contributed by atoms with Crippen molar-refractivity contribution in [3.63, 3.8) is 0 Å². The maximum Gasteiger partial charge on any atom is 0.303 e. The Bertz CT molecular complexity index is 222. The largest absolute Gasteiger partial charge is 0.458 e. The maximum atomic E-state index is 10.7. The molecule has 0 aromatic heterocycles. The van der Waals surface area contributed by atoms with Crippen LogP contribution in [0.25, 0.3) is 0 Å². The highest BCUT2D eigenvalue weighted by atomic mass is 35.5. The summed E-state index contributed by atoms with van der Waals surface area (Å²) in [5.74, 6) is -1.40. The van der Waals surface area contributed by atoms with Gasteiger partial charge in [0.2, 0.25) is 0 Å². The van der Waals surface area contributed by atoms with E-state index >= 15 is 0 Å². The molecule has 0 aliphatic carbocycles. The molecule has 0 aliphatic rings. The van der Waals surface area contributed by atoms with Gasteiger partial charge in [0.25, 0.3) is 0 Å². The van der Waals surface area contributed by atoms with Gasteiger partial charge in [-0.1, -0.05) is 0 Å². The van der Waals surface area contributed by atoms with Crippen LogP contribution in [0.2, 0.25) is 0 Å². The van der Waals surface area contributed by atoms with Gasteiger partial charge in [-0.2, -0.15) is 0 Å². The van der Waals surface area contributed by atoms with E-state index in [9.17, 15) is 14.7 Å². The number of hydrogen-bond acceptors (Lipinski definition) is 5. The summed E-state index contributed by atoms with van der Waals surface area (Å²) in [6, 6.07) is 0. The van der Waals surface area contributed by atoms with Crippen molar-refractivity contribution in [2.75, 3.05) is 11.8 Å². The number of hydrogen-bond donors (Lipinski definition) is 1. The van der Waals surface area contributed by atoms with Crippen LogP contribution in [0.4, 0.5) is 0 Å². The van der Waals surface area contributed by atoms with E-state index in [1.807, 2.05) is 0 Å². The summed E-state index contributed by atoms with van der Waals surface area (Å²) < 4.78 is 9.51. The standard InChI is InChI=1S/C9H14Cl2O5/c1-5(12)15-7(3-10)9(14)8(4-11)16-6(2)13/h7-9,14H,3-4H2,1-2H3/t7-,8-/m0/s1. The van der Waals surface area contributed by atoms with Gasteiger partial charge in [-0.05, 0) is 0 Å². The van der Waals surface area contributed by atoms with Crippen molar-refractivity contribution in [1.29, 1.82) is 0 Å². The van der Waals surface area contributed by atoms with Crippen molar-refractivity contribution in [3.8, 4) is 0 Å². The second-order valence-electron chi connectivity index (χ2n) is 3.09. The normalized spacial score (nSPS) is 14.4. The summed E-state index contributed by atoms with van der Waals surface area (Å²) in [5, 5.41) is 9.74. The minimum Gasteiger partial charge on any atom is -0.458 e. The Hall–Kier alpha value is -0.520. The third-order valence-electron chi connectivity index (χ3n) is 1.70. The number of carbonyl (C=O) groups excluding carboxylic acids is 2. The zero-order valence-electron chi connectivity index (χ0n) is 8.98. The first-order valence-corrected chi connectivity index (χ1v) is 5.63. The van der Waals surface area contributed by atoms with E-state index < -0.39 is 30.3 Å². The van der Waals surface area contributed by atoms with Gasteiger partial charge >= 0.3 is 11.9 Å². The van der Waals surface area contributed by atoms with Crippen molar-refractivity contribution >= 4 is 35.1 Å². The number of ether oxygens (including phenoxy) is 2. The first-order valence-electron chi connectivity index (χ1n) is 4.56. The van der Waals surface area contributed by atoms with Crippen LogP contribution in [0, 0.1) is 0 Å². The molecular weight excluding hydrogens is 259 g/mol. The fourth-order valence-electron chi connectivity index (χ4n) is 1.05. The molecule has 0 radical (unpaired) electrons. The smallest absolute Gasteiger partial charge is 0.303 e. The molecule has 0 heterocycles. The number of esters is 2. The van der Waals surface area contributed by atoms with Crippen molar-refractivity contribution in [1.82, 2.24) is 0 Å². The lowest BCUT2D eigenvalue weighted by atomic mass is 10.1. The Morgan fingerprint density at radius 3 is 1.56 bits per heavy atom. The fraction of sp³-hybridized carbons (Fsp3) is 0.778. The van der Waals surface area contributed by atoms with Gasteiger partial charge < -0.3 is 14.6 Å². The average molecular weight is 273 g/mol. The van der Waals surface area contributed by atoms with Gasteiger partial charge in [-0.3, -0.25) is 9.59 Å². The molecule has 0 unspecified atom stereocenters. The topological polar surface area (TPSA) is 72.8 Å². The van der Waals surface area contributed by atoms with Crippen LogP contribution in [0.5, 0.6) is 0 Å². The summed E-state index contributed by atoms with van der Waals surface area (Å²) in [4.78, 5) is 21.4. The van der Waals surface area contributed by atoms with E-state index in [2.05, 4.69) is 0 Å². The fourth-order valence-corrected chi connectivity index (χ4v) is 1.54. The summed E-state index contributed by atoms with van der Waals surface area (Å²) in [6.07, 6.45) is -3.16. The quantitative estimate of drug-likeness (QED) is 0.569. The zero-order chi connectivity index (χ0) is 12.7. The molecule has 0 bridgehead atoms. The van der Waals surface area contributed by atoms with Crippen LogP contribution in [0.3, 0.4) is 0 Å². The average Bonchev–Trinajstić information content (AvgIpc) is 2.20. The molecule has 0 aromatic carbocycles. The van der Waals surface area contributed by atoms with E-state index in [4.69, 9.17) is 32.7 Å². The number of halogens is 2. The third kappa shape index (κ3) is 5.53. The van der Waals surface area contributed by atoms with Gasteiger partial charge in [-0.15, -0.1) is 23.2 Å². The number of alkyl halides is 2. The van der Waals surface area contributed by atoms with Gasteiger partial charge in [0.05, 0.1) is 11.8 Å². The molecule has 0 rings (SSSR count). The molecule has 2 atom stereocenters. The third-order valence-corrected chi connectivity index (χ3v) is 2.31.